The largest absolute Gasteiger partial charge is 0.493 e. The molecule has 3 nitrogen and oxygen atoms in total. The third-order valence-corrected chi connectivity index (χ3v) is 4.69. The molecule has 1 atom stereocenters. The van der Waals surface area contributed by atoms with Gasteiger partial charge in [-0.25, -0.2) is 0 Å². The van der Waals surface area contributed by atoms with E-state index in [1.54, 1.807) is 0 Å². The van der Waals surface area contributed by atoms with E-state index in [1.807, 2.05) is 0 Å². The predicted octanol–water partition coefficient (Wildman–Crippen LogP) is 3.04. The quantitative estimate of drug-likeness (QED) is 0.939. The number of nitrogens with zero attached hydrogens (tertiary/aromatic N) is 1. The van der Waals surface area contributed by atoms with Gasteiger partial charge in [-0.15, -0.1) is 0 Å². The topological polar surface area (TPSA) is 34.4 Å². The fraction of sp³-hybridized carbons (Fsp3) is 0.444. The highest BCUT2D eigenvalue weighted by atomic mass is 16.5. The van der Waals surface area contributed by atoms with Gasteiger partial charge in [0.2, 0.25) is 0 Å². The molecule has 3 heteroatoms. The number of hydrogen-bond acceptors (Lipinski definition) is 2. The van der Waals surface area contributed by atoms with Gasteiger partial charge in [-0.1, -0.05) is 12.1 Å². The molecule has 1 aliphatic heterocycles. The molecular weight excluding hydrogens is 262 g/mol. The first-order chi connectivity index (χ1) is 10.3. The first-order valence-electron chi connectivity index (χ1n) is 7.91. The van der Waals surface area contributed by atoms with Gasteiger partial charge in [-0.2, -0.15) is 0 Å². The number of ether oxygens (including phenoxy) is 1. The van der Waals surface area contributed by atoms with E-state index in [2.05, 4.69) is 35.2 Å². The van der Waals surface area contributed by atoms with Crippen LogP contribution in [0.15, 0.2) is 30.6 Å². The van der Waals surface area contributed by atoms with Crippen molar-refractivity contribution in [1.29, 1.82) is 0 Å². The predicted molar refractivity (Wildman–Crippen MR) is 81.7 cm³/mol. The number of rotatable bonds is 3. The molecule has 1 aromatic carbocycles. The maximum absolute atomic E-state index is 10.0. The van der Waals surface area contributed by atoms with Gasteiger partial charge in [0, 0.05) is 30.9 Å². The summed E-state index contributed by atoms with van der Waals surface area (Å²) in [5.41, 5.74) is 5.18. The van der Waals surface area contributed by atoms with Crippen LogP contribution in [0.4, 0.5) is 0 Å². The molecule has 1 unspecified atom stereocenters. The summed E-state index contributed by atoms with van der Waals surface area (Å²) in [6, 6.07) is 6.55. The highest BCUT2D eigenvalue weighted by Crippen LogP contribution is 2.30. The SMILES string of the molecule is OC1CCCc2cn(CCc3ccc4c(c3)CCO4)cc21. The lowest BCUT2D eigenvalue weighted by Gasteiger charge is -2.16. The van der Waals surface area contributed by atoms with Gasteiger partial charge in [0.1, 0.15) is 5.75 Å². The Hall–Kier alpha value is -1.74. The van der Waals surface area contributed by atoms with Gasteiger partial charge in [0.25, 0.3) is 0 Å². The van der Waals surface area contributed by atoms with Crippen molar-refractivity contribution in [2.75, 3.05) is 6.61 Å². The molecule has 110 valence electrons. The summed E-state index contributed by atoms with van der Waals surface area (Å²) in [6.07, 6.45) is 9.26. The van der Waals surface area contributed by atoms with Crippen molar-refractivity contribution in [1.82, 2.24) is 4.57 Å². The molecule has 0 bridgehead atoms. The van der Waals surface area contributed by atoms with E-state index < -0.39 is 0 Å². The monoisotopic (exact) mass is 283 g/mol. The summed E-state index contributed by atoms with van der Waals surface area (Å²) >= 11 is 0. The van der Waals surface area contributed by atoms with E-state index in [0.29, 0.717) is 0 Å². The molecule has 0 amide bonds. The van der Waals surface area contributed by atoms with E-state index >= 15 is 0 Å². The molecule has 0 spiro atoms. The summed E-state index contributed by atoms with van der Waals surface area (Å²) < 4.78 is 7.79. The van der Waals surface area contributed by atoms with Gasteiger partial charge in [-0.05, 0) is 48.4 Å². The molecule has 4 rings (SSSR count). The first-order valence-corrected chi connectivity index (χ1v) is 7.91. The first kappa shape index (κ1) is 13.0. The van der Waals surface area contributed by atoms with Crippen LogP contribution in [0, 0.1) is 0 Å². The second kappa shape index (κ2) is 5.23. The number of aromatic nitrogens is 1. The Balaban J connectivity index is 1.47. The van der Waals surface area contributed by atoms with E-state index in [9.17, 15) is 5.11 Å². The third-order valence-electron chi connectivity index (χ3n) is 4.69. The minimum absolute atomic E-state index is 0.257. The molecule has 1 N–H and O–H groups in total. The van der Waals surface area contributed by atoms with Crippen LogP contribution in [0.1, 0.15) is 41.2 Å². The molecule has 0 saturated carbocycles. The van der Waals surface area contributed by atoms with Crippen LogP contribution in [0.2, 0.25) is 0 Å². The van der Waals surface area contributed by atoms with Crippen LogP contribution in [-0.2, 0) is 25.8 Å². The summed E-state index contributed by atoms with van der Waals surface area (Å²) in [7, 11) is 0. The Bertz CT molecular complexity index is 659. The number of hydrogen-bond donors (Lipinski definition) is 1. The summed E-state index contributed by atoms with van der Waals surface area (Å²) in [4.78, 5) is 0. The number of aryl methyl sites for hydroxylation is 3. The summed E-state index contributed by atoms with van der Waals surface area (Å²) in [5, 5.41) is 10.0. The lowest BCUT2D eigenvalue weighted by atomic mass is 9.93. The second-order valence-corrected chi connectivity index (χ2v) is 6.18. The van der Waals surface area contributed by atoms with Crippen molar-refractivity contribution in [3.05, 3.63) is 52.8 Å². The van der Waals surface area contributed by atoms with Gasteiger partial charge < -0.3 is 14.4 Å². The van der Waals surface area contributed by atoms with Gasteiger partial charge in [0.15, 0.2) is 0 Å². The second-order valence-electron chi connectivity index (χ2n) is 6.18. The third kappa shape index (κ3) is 2.46. The highest BCUT2D eigenvalue weighted by Gasteiger charge is 2.19. The molecule has 1 aromatic heterocycles. The fourth-order valence-electron chi connectivity index (χ4n) is 3.51. The van der Waals surface area contributed by atoms with Crippen molar-refractivity contribution in [2.24, 2.45) is 0 Å². The molecule has 1 aliphatic carbocycles. The molecular formula is C18H21NO2. The lowest BCUT2D eigenvalue weighted by Crippen LogP contribution is -2.05. The Morgan fingerprint density at radius 3 is 3.05 bits per heavy atom. The summed E-state index contributed by atoms with van der Waals surface area (Å²) in [6.45, 7) is 1.79. The molecule has 2 aliphatic rings. The average molecular weight is 283 g/mol. The van der Waals surface area contributed by atoms with Crippen LogP contribution in [0.3, 0.4) is 0 Å². The smallest absolute Gasteiger partial charge is 0.122 e. The zero-order valence-corrected chi connectivity index (χ0v) is 12.2. The Kier molecular flexibility index (Phi) is 3.23. The molecule has 21 heavy (non-hydrogen) atoms. The summed E-state index contributed by atoms with van der Waals surface area (Å²) in [5.74, 6) is 1.05. The molecule has 0 fully saturated rings. The minimum Gasteiger partial charge on any atom is -0.493 e. The number of aliphatic hydroxyl groups is 1. The molecule has 2 aromatic rings. The number of aliphatic hydroxyl groups excluding tert-OH is 1. The normalized spacial score (nSPS) is 20.0. The zero-order chi connectivity index (χ0) is 14.2. The van der Waals surface area contributed by atoms with E-state index in [1.165, 1.54) is 16.7 Å². The highest BCUT2D eigenvalue weighted by molar-refractivity contribution is 5.39. The number of benzene rings is 1. The van der Waals surface area contributed by atoms with Crippen LogP contribution in [0.5, 0.6) is 5.75 Å². The maximum atomic E-state index is 10.0. The van der Waals surface area contributed by atoms with Crippen molar-refractivity contribution in [2.45, 2.75) is 44.8 Å². The van der Waals surface area contributed by atoms with Crippen LogP contribution >= 0.6 is 0 Å². The zero-order valence-electron chi connectivity index (χ0n) is 12.2. The minimum atomic E-state index is -0.257. The van der Waals surface area contributed by atoms with Gasteiger partial charge in [0.05, 0.1) is 12.7 Å². The van der Waals surface area contributed by atoms with Crippen LogP contribution < -0.4 is 4.74 Å². The lowest BCUT2D eigenvalue weighted by molar-refractivity contribution is 0.157. The van der Waals surface area contributed by atoms with E-state index in [4.69, 9.17) is 4.74 Å². The number of fused-ring (bicyclic) bond motifs is 2. The average Bonchev–Trinajstić information content (AvgIpc) is 3.11. The van der Waals surface area contributed by atoms with Crippen LogP contribution in [0.25, 0.3) is 0 Å². The van der Waals surface area contributed by atoms with E-state index in [-0.39, 0.29) is 6.10 Å². The van der Waals surface area contributed by atoms with Gasteiger partial charge >= 0.3 is 0 Å². The van der Waals surface area contributed by atoms with Crippen molar-refractivity contribution in [3.63, 3.8) is 0 Å². The van der Waals surface area contributed by atoms with Gasteiger partial charge in [-0.3, -0.25) is 0 Å². The molecule has 0 radical (unpaired) electrons. The Labute approximate surface area is 125 Å². The Morgan fingerprint density at radius 1 is 1.19 bits per heavy atom. The fourth-order valence-corrected chi connectivity index (χ4v) is 3.51. The van der Waals surface area contributed by atoms with E-state index in [0.717, 1.165) is 56.6 Å². The van der Waals surface area contributed by atoms with Crippen LogP contribution in [-0.4, -0.2) is 16.3 Å². The standard InChI is InChI=1S/C18H21NO2/c20-17-3-1-2-15-11-19(12-16(15)17)8-6-13-4-5-18-14(10-13)7-9-21-18/h4-5,10-12,17,20H,1-3,6-9H2. The molecule has 0 saturated heterocycles. The molecule has 2 heterocycles. The Morgan fingerprint density at radius 2 is 2.14 bits per heavy atom. The van der Waals surface area contributed by atoms with Crippen molar-refractivity contribution in [3.8, 4) is 5.75 Å². The van der Waals surface area contributed by atoms with Crippen molar-refractivity contribution < 1.29 is 9.84 Å². The maximum Gasteiger partial charge on any atom is 0.122 e. The van der Waals surface area contributed by atoms with Crippen molar-refractivity contribution >= 4 is 0 Å².